The summed E-state index contributed by atoms with van der Waals surface area (Å²) in [7, 11) is 0. The molecular weight excluding hydrogens is 655 g/mol. The predicted octanol–water partition coefficient (Wildman–Crippen LogP) is 13.6. The molecular formula is C51H41N3. The van der Waals surface area contributed by atoms with Crippen molar-refractivity contribution in [3.63, 3.8) is 0 Å². The van der Waals surface area contributed by atoms with Crippen LogP contribution in [-0.2, 0) is 0 Å². The number of aryl methyl sites for hydroxylation is 1. The molecule has 1 unspecified atom stereocenters. The van der Waals surface area contributed by atoms with Crippen molar-refractivity contribution in [1.29, 1.82) is 0 Å². The predicted molar refractivity (Wildman–Crippen MR) is 227 cm³/mol. The van der Waals surface area contributed by atoms with E-state index in [4.69, 9.17) is 4.98 Å². The van der Waals surface area contributed by atoms with Crippen molar-refractivity contribution in [2.45, 2.75) is 20.3 Å². The van der Waals surface area contributed by atoms with Gasteiger partial charge >= 0.3 is 0 Å². The summed E-state index contributed by atoms with van der Waals surface area (Å²) >= 11 is 0. The van der Waals surface area contributed by atoms with E-state index >= 15 is 0 Å². The van der Waals surface area contributed by atoms with Crippen molar-refractivity contribution in [2.24, 2.45) is 5.92 Å². The lowest BCUT2D eigenvalue weighted by atomic mass is 9.97. The van der Waals surface area contributed by atoms with E-state index < -0.39 is 0 Å². The Hall–Kier alpha value is -6.71. The van der Waals surface area contributed by atoms with E-state index in [2.05, 4.69) is 205 Å². The third-order valence-corrected chi connectivity index (χ3v) is 10.5. The molecule has 0 amide bonds. The Kier molecular flexibility index (Phi) is 8.82. The lowest BCUT2D eigenvalue weighted by Gasteiger charge is -2.28. The summed E-state index contributed by atoms with van der Waals surface area (Å²) in [5.74, 6) is 1.51. The Morgan fingerprint density at radius 3 is 1.50 bits per heavy atom. The van der Waals surface area contributed by atoms with Gasteiger partial charge < -0.3 is 4.90 Å². The van der Waals surface area contributed by atoms with Gasteiger partial charge in [-0.2, -0.15) is 0 Å². The summed E-state index contributed by atoms with van der Waals surface area (Å²) < 4.78 is 2.24. The van der Waals surface area contributed by atoms with Gasteiger partial charge in [-0.05, 0) is 107 Å². The Morgan fingerprint density at radius 2 is 0.981 bits per heavy atom. The average Bonchev–Trinajstić information content (AvgIpc) is 3.63. The van der Waals surface area contributed by atoms with Gasteiger partial charge in [0, 0.05) is 28.3 Å². The molecule has 0 N–H and O–H groups in total. The largest absolute Gasteiger partial charge is 0.311 e. The zero-order valence-corrected chi connectivity index (χ0v) is 30.6. The second-order valence-corrected chi connectivity index (χ2v) is 14.2. The average molecular weight is 696 g/mol. The molecule has 1 aliphatic carbocycles. The topological polar surface area (TPSA) is 21.1 Å². The number of imidazole rings is 1. The molecule has 3 heteroatoms. The first-order valence-electron chi connectivity index (χ1n) is 18.8. The van der Waals surface area contributed by atoms with Crippen LogP contribution in [-0.4, -0.2) is 9.55 Å². The van der Waals surface area contributed by atoms with Crippen molar-refractivity contribution in [2.75, 3.05) is 4.90 Å². The van der Waals surface area contributed by atoms with Crippen molar-refractivity contribution in [3.05, 3.63) is 205 Å². The molecule has 1 atom stereocenters. The molecule has 0 aliphatic heterocycles. The number of para-hydroxylation sites is 3. The molecule has 54 heavy (non-hydrogen) atoms. The molecule has 0 fully saturated rings. The maximum Gasteiger partial charge on any atom is 0.145 e. The van der Waals surface area contributed by atoms with Crippen molar-refractivity contribution in [3.8, 4) is 50.5 Å². The van der Waals surface area contributed by atoms with Crippen LogP contribution in [0.3, 0.4) is 0 Å². The zero-order chi connectivity index (χ0) is 36.4. The minimum absolute atomic E-state index is 0.569. The van der Waals surface area contributed by atoms with Gasteiger partial charge in [-0.15, -0.1) is 0 Å². The summed E-state index contributed by atoms with van der Waals surface area (Å²) in [6, 6.07) is 63.0. The molecule has 3 nitrogen and oxygen atoms in total. The lowest BCUT2D eigenvalue weighted by molar-refractivity contribution is 0.728. The van der Waals surface area contributed by atoms with Gasteiger partial charge in [0.25, 0.3) is 0 Å². The van der Waals surface area contributed by atoms with Crippen LogP contribution in [0.1, 0.15) is 18.9 Å². The van der Waals surface area contributed by atoms with Gasteiger partial charge in [0.1, 0.15) is 5.82 Å². The van der Waals surface area contributed by atoms with E-state index in [9.17, 15) is 0 Å². The Labute approximate surface area is 317 Å². The summed E-state index contributed by atoms with van der Waals surface area (Å²) in [5.41, 5.74) is 16.3. The quantitative estimate of drug-likeness (QED) is 0.158. The third kappa shape index (κ3) is 6.57. The smallest absolute Gasteiger partial charge is 0.145 e. The maximum absolute atomic E-state index is 5.03. The number of anilines is 2. The zero-order valence-electron chi connectivity index (χ0n) is 30.6. The minimum Gasteiger partial charge on any atom is -0.311 e. The van der Waals surface area contributed by atoms with Crippen LogP contribution in [0.2, 0.25) is 0 Å². The van der Waals surface area contributed by atoms with E-state index in [-0.39, 0.29) is 0 Å². The lowest BCUT2D eigenvalue weighted by Crippen LogP contribution is -2.17. The Bertz CT molecular complexity index is 2590. The first kappa shape index (κ1) is 33.1. The van der Waals surface area contributed by atoms with Crippen molar-refractivity contribution < 1.29 is 0 Å². The van der Waals surface area contributed by atoms with Crippen LogP contribution in [0, 0.1) is 12.8 Å². The Balaban J connectivity index is 0.922. The number of fused-ring (bicyclic) bond motifs is 1. The first-order chi connectivity index (χ1) is 26.6. The molecule has 7 aromatic carbocycles. The molecule has 1 aromatic heterocycles. The van der Waals surface area contributed by atoms with E-state index in [1.54, 1.807) is 0 Å². The van der Waals surface area contributed by atoms with E-state index in [0.29, 0.717) is 5.92 Å². The highest BCUT2D eigenvalue weighted by molar-refractivity contribution is 5.84. The highest BCUT2D eigenvalue weighted by Crippen LogP contribution is 2.36. The number of aromatic nitrogens is 2. The summed E-state index contributed by atoms with van der Waals surface area (Å²) in [6.07, 6.45) is 7.97. The molecule has 0 spiro atoms. The van der Waals surface area contributed by atoms with Crippen molar-refractivity contribution in [1.82, 2.24) is 9.55 Å². The molecule has 0 radical (unpaired) electrons. The Morgan fingerprint density at radius 1 is 0.519 bits per heavy atom. The van der Waals surface area contributed by atoms with E-state index in [1.165, 1.54) is 50.3 Å². The fourth-order valence-corrected chi connectivity index (χ4v) is 7.41. The molecule has 0 saturated carbocycles. The first-order valence-corrected chi connectivity index (χ1v) is 18.8. The molecule has 9 rings (SSSR count). The SMILES string of the molecule is Cc1ccc(N(C2=CCC(C)C=C2)c2ccc(-c3ccc(-c4ccc(-c5ccc(-c6nc7ccccc7n6-c6ccccc6)cc5)cc4)cc3)cc2)cc1. The highest BCUT2D eigenvalue weighted by atomic mass is 15.1. The van der Waals surface area contributed by atoms with E-state index in [1.807, 2.05) is 12.1 Å². The monoisotopic (exact) mass is 695 g/mol. The van der Waals surface area contributed by atoms with Gasteiger partial charge in [-0.1, -0.05) is 152 Å². The highest BCUT2D eigenvalue weighted by Gasteiger charge is 2.17. The number of benzene rings is 7. The van der Waals surface area contributed by atoms with E-state index in [0.717, 1.165) is 40.2 Å². The standard InChI is InChI=1S/C51H41N3/c1-36-12-30-46(31-13-36)53(47-32-14-37(2)15-33-47)48-34-28-43(29-35-48)41-22-20-39(21-23-41)38-16-18-40(19-17-38)42-24-26-44(27-25-42)51-52-49-10-6-7-11-50(49)54(51)45-8-4-3-5-9-45/h3-14,16-35,37H,15H2,1-2H3. The molecule has 0 saturated heterocycles. The molecule has 0 bridgehead atoms. The fraction of sp³-hybridized carbons (Fsp3) is 0.0784. The van der Waals surface area contributed by atoms with Crippen LogP contribution in [0.25, 0.3) is 61.5 Å². The molecule has 1 aliphatic rings. The number of rotatable bonds is 8. The number of hydrogen-bond donors (Lipinski definition) is 0. The van der Waals surface area contributed by atoms with Crippen LogP contribution in [0.5, 0.6) is 0 Å². The van der Waals surface area contributed by atoms with Gasteiger partial charge in [0.2, 0.25) is 0 Å². The van der Waals surface area contributed by atoms with Gasteiger partial charge in [0.15, 0.2) is 0 Å². The molecule has 260 valence electrons. The third-order valence-electron chi connectivity index (χ3n) is 10.5. The maximum atomic E-state index is 5.03. The van der Waals surface area contributed by atoms with Gasteiger partial charge in [-0.25, -0.2) is 4.98 Å². The summed E-state index contributed by atoms with van der Waals surface area (Å²) in [6.45, 7) is 4.40. The van der Waals surface area contributed by atoms with Crippen molar-refractivity contribution >= 4 is 22.4 Å². The fourth-order valence-electron chi connectivity index (χ4n) is 7.41. The van der Waals surface area contributed by atoms with Crippen LogP contribution in [0.4, 0.5) is 11.4 Å². The normalized spacial score (nSPS) is 13.9. The van der Waals surface area contributed by atoms with Crippen LogP contribution < -0.4 is 4.90 Å². The molecule has 8 aromatic rings. The summed E-state index contributed by atoms with van der Waals surface area (Å²) in [5, 5.41) is 0. The van der Waals surface area contributed by atoms with Crippen LogP contribution in [0.15, 0.2) is 200 Å². The number of allylic oxidation sites excluding steroid dienone is 3. The van der Waals surface area contributed by atoms with Gasteiger partial charge in [0.05, 0.1) is 11.0 Å². The number of nitrogens with zero attached hydrogens (tertiary/aromatic N) is 3. The second kappa shape index (κ2) is 14.4. The minimum atomic E-state index is 0.569. The van der Waals surface area contributed by atoms with Gasteiger partial charge in [-0.3, -0.25) is 4.57 Å². The second-order valence-electron chi connectivity index (χ2n) is 14.2. The molecule has 1 heterocycles. The summed E-state index contributed by atoms with van der Waals surface area (Å²) in [4.78, 5) is 7.39. The number of hydrogen-bond acceptors (Lipinski definition) is 2. The van der Waals surface area contributed by atoms with Crippen LogP contribution >= 0.6 is 0 Å².